The average Bonchev–Trinajstić information content (AvgIpc) is 3.37. The maximum atomic E-state index is 14.3. The van der Waals surface area contributed by atoms with Crippen molar-refractivity contribution >= 4 is 35.4 Å². The van der Waals surface area contributed by atoms with Crippen LogP contribution in [0, 0.1) is 11.8 Å². The van der Waals surface area contributed by atoms with Crippen molar-refractivity contribution in [1.82, 2.24) is 9.80 Å². The number of esters is 1. The number of likely N-dealkylation sites (N-methyl/N-ethyl adjacent to an activating group) is 1. The Morgan fingerprint density at radius 2 is 1.70 bits per heavy atom. The molecular weight excluding hydrogens is 480 g/mol. The number of ether oxygens (including phenoxy) is 1. The van der Waals surface area contributed by atoms with Crippen molar-refractivity contribution in [3.05, 3.63) is 22.8 Å². The van der Waals surface area contributed by atoms with Crippen LogP contribution in [-0.2, 0) is 28.7 Å². The van der Waals surface area contributed by atoms with Crippen molar-refractivity contribution in [1.29, 1.82) is 0 Å². The molecule has 0 aromatic carbocycles. The summed E-state index contributed by atoms with van der Waals surface area (Å²) in [5.74, 6) is -6.78. The van der Waals surface area contributed by atoms with Gasteiger partial charge in [-0.25, -0.2) is 9.59 Å². The molecule has 37 heavy (non-hydrogen) atoms. The lowest BCUT2D eigenvalue weighted by Crippen LogP contribution is -2.70. The van der Waals surface area contributed by atoms with Crippen LogP contribution < -0.4 is 11.5 Å². The van der Waals surface area contributed by atoms with Crippen LogP contribution in [-0.4, -0.2) is 77.5 Å². The molecule has 1 saturated heterocycles. The molecule has 11 heteroatoms. The third-order valence-electron chi connectivity index (χ3n) is 6.83. The van der Waals surface area contributed by atoms with Gasteiger partial charge in [0.05, 0.1) is 12.5 Å². The summed E-state index contributed by atoms with van der Waals surface area (Å²) in [6.07, 6.45) is 3.71. The van der Waals surface area contributed by atoms with E-state index in [9.17, 15) is 28.8 Å². The van der Waals surface area contributed by atoms with E-state index in [1.807, 2.05) is 0 Å². The van der Waals surface area contributed by atoms with Gasteiger partial charge in [0.25, 0.3) is 11.4 Å². The van der Waals surface area contributed by atoms with E-state index in [1.54, 1.807) is 27.7 Å². The van der Waals surface area contributed by atoms with Crippen molar-refractivity contribution < 1.29 is 33.5 Å². The third-order valence-corrected chi connectivity index (χ3v) is 6.83. The summed E-state index contributed by atoms with van der Waals surface area (Å²) in [6, 6.07) is -0.760. The molecule has 1 aliphatic carbocycles. The highest BCUT2D eigenvalue weighted by Crippen LogP contribution is 2.36. The molecule has 0 spiro atoms. The molecule has 1 heterocycles. The molecule has 2 rings (SSSR count). The first-order valence-corrected chi connectivity index (χ1v) is 12.7. The number of likely N-dealkylation sites (tertiary alicyclic amines) is 1. The van der Waals surface area contributed by atoms with Gasteiger partial charge in [0.1, 0.15) is 0 Å². The zero-order valence-corrected chi connectivity index (χ0v) is 22.3. The summed E-state index contributed by atoms with van der Waals surface area (Å²) >= 11 is 0. The van der Waals surface area contributed by atoms with E-state index in [4.69, 9.17) is 16.2 Å². The second-order valence-corrected chi connectivity index (χ2v) is 9.73. The highest BCUT2D eigenvalue weighted by Gasteiger charge is 2.60. The first-order valence-electron chi connectivity index (χ1n) is 12.7. The lowest BCUT2D eigenvalue weighted by Gasteiger charge is -2.38. The van der Waals surface area contributed by atoms with E-state index in [0.29, 0.717) is 30.8 Å². The maximum absolute atomic E-state index is 14.3. The summed E-state index contributed by atoms with van der Waals surface area (Å²) < 4.78 is 5.23. The van der Waals surface area contributed by atoms with Crippen molar-refractivity contribution in [3.8, 4) is 0 Å². The second kappa shape index (κ2) is 12.2. The topological polar surface area (TPSA) is 170 Å². The van der Waals surface area contributed by atoms with Crippen LogP contribution in [0.5, 0.6) is 0 Å². The van der Waals surface area contributed by atoms with E-state index in [-0.39, 0.29) is 41.4 Å². The standard InChI is InChI=1S/C26H38N4O7/c1-6-10-16-19(22(27)33)18(14-17(15(3)4)20(16)31)21(32)26(23(28)34,24(35)37-13-7-2)29(5)25(36)30-11-8-9-12-30/h14-16H,6-13H2,1-5H3,(H2,27,33)(H2,28,34). The van der Waals surface area contributed by atoms with Crippen LogP contribution in [0.4, 0.5) is 4.79 Å². The first-order chi connectivity index (χ1) is 17.4. The number of carbonyl (C=O) groups excluding carboxylic acids is 6. The van der Waals surface area contributed by atoms with Crippen molar-refractivity contribution in [2.75, 3.05) is 26.7 Å². The van der Waals surface area contributed by atoms with E-state index >= 15 is 0 Å². The predicted molar refractivity (Wildman–Crippen MR) is 135 cm³/mol. The number of urea groups is 1. The molecule has 1 aliphatic heterocycles. The second-order valence-electron chi connectivity index (χ2n) is 9.73. The summed E-state index contributed by atoms with van der Waals surface area (Å²) in [6.45, 7) is 7.60. The minimum absolute atomic E-state index is 0.140. The molecule has 11 nitrogen and oxygen atoms in total. The number of hydrogen-bond acceptors (Lipinski definition) is 7. The molecule has 0 saturated carbocycles. The molecule has 2 unspecified atom stereocenters. The van der Waals surface area contributed by atoms with Gasteiger partial charge in [0, 0.05) is 31.3 Å². The minimum atomic E-state index is -2.92. The van der Waals surface area contributed by atoms with Gasteiger partial charge in [-0.3, -0.25) is 24.1 Å². The monoisotopic (exact) mass is 518 g/mol. The number of Topliss-reactive ketones (excluding diaryl/α,β-unsaturated/α-hetero) is 2. The number of rotatable bonds is 11. The fourth-order valence-corrected chi connectivity index (χ4v) is 4.85. The van der Waals surface area contributed by atoms with Gasteiger partial charge < -0.3 is 21.1 Å². The van der Waals surface area contributed by atoms with Crippen LogP contribution in [0.1, 0.15) is 59.8 Å². The van der Waals surface area contributed by atoms with Gasteiger partial charge >= 0.3 is 12.0 Å². The van der Waals surface area contributed by atoms with Crippen molar-refractivity contribution in [2.45, 2.75) is 65.3 Å². The van der Waals surface area contributed by atoms with Crippen LogP contribution >= 0.6 is 0 Å². The third kappa shape index (κ3) is 5.45. The summed E-state index contributed by atoms with van der Waals surface area (Å²) in [5.41, 5.74) is 8.01. The van der Waals surface area contributed by atoms with Gasteiger partial charge in [-0.1, -0.05) is 34.1 Å². The molecule has 0 bridgehead atoms. The van der Waals surface area contributed by atoms with Gasteiger partial charge in [-0.05, 0) is 43.3 Å². The Labute approximate surface area is 217 Å². The Morgan fingerprint density at radius 1 is 1.11 bits per heavy atom. The number of nitrogens with two attached hydrogens (primary N) is 2. The zero-order valence-electron chi connectivity index (χ0n) is 22.3. The fraction of sp³-hybridized carbons (Fsp3) is 0.615. The Balaban J connectivity index is 2.87. The summed E-state index contributed by atoms with van der Waals surface area (Å²) in [5, 5.41) is 0. The summed E-state index contributed by atoms with van der Waals surface area (Å²) in [4.78, 5) is 82.3. The molecule has 4 amide bonds. The zero-order chi connectivity index (χ0) is 28.1. The molecule has 0 aromatic heterocycles. The van der Waals surface area contributed by atoms with Gasteiger partial charge in [0.2, 0.25) is 11.7 Å². The molecule has 0 aromatic rings. The molecule has 0 radical (unpaired) electrons. The average molecular weight is 519 g/mol. The van der Waals surface area contributed by atoms with Crippen LogP contribution in [0.15, 0.2) is 22.8 Å². The minimum Gasteiger partial charge on any atom is -0.463 e. The Hall–Kier alpha value is -3.50. The Kier molecular flexibility index (Phi) is 9.77. The highest BCUT2D eigenvalue weighted by molar-refractivity contribution is 6.34. The fourth-order valence-electron chi connectivity index (χ4n) is 4.85. The quantitative estimate of drug-likeness (QED) is 0.306. The summed E-state index contributed by atoms with van der Waals surface area (Å²) in [7, 11) is 1.13. The van der Waals surface area contributed by atoms with E-state index in [1.165, 1.54) is 11.0 Å². The number of hydrogen-bond donors (Lipinski definition) is 2. The van der Waals surface area contributed by atoms with Gasteiger partial charge in [0.15, 0.2) is 5.78 Å². The van der Waals surface area contributed by atoms with Crippen molar-refractivity contribution in [2.24, 2.45) is 23.3 Å². The van der Waals surface area contributed by atoms with Crippen LogP contribution in [0.25, 0.3) is 0 Å². The first kappa shape index (κ1) is 29.7. The number of amides is 4. The van der Waals surface area contributed by atoms with E-state index in [0.717, 1.165) is 19.9 Å². The molecule has 2 aliphatic rings. The number of primary amides is 2. The van der Waals surface area contributed by atoms with E-state index < -0.39 is 41.1 Å². The predicted octanol–water partition coefficient (Wildman–Crippen LogP) is 1.24. The molecule has 2 atom stereocenters. The number of carbonyl (C=O) groups is 6. The number of allylic oxidation sites excluding steroid dienone is 2. The molecule has 4 N–H and O–H groups in total. The largest absolute Gasteiger partial charge is 0.463 e. The molecule has 204 valence electrons. The van der Waals surface area contributed by atoms with Gasteiger partial charge in [-0.2, -0.15) is 0 Å². The lowest BCUT2D eigenvalue weighted by atomic mass is 9.72. The highest BCUT2D eigenvalue weighted by atomic mass is 16.5. The molecular formula is C26H38N4O7. The SMILES string of the molecule is CCCOC(=O)C(C(N)=O)(C(=O)C1=C(C(N)=O)C(CCC)C(=O)C(C(C)C)=C1)N(C)C(=O)N1CCCC1. The van der Waals surface area contributed by atoms with Crippen molar-refractivity contribution in [3.63, 3.8) is 0 Å². The normalized spacial score (nSPS) is 19.4. The van der Waals surface area contributed by atoms with Crippen LogP contribution in [0.2, 0.25) is 0 Å². The number of ketones is 2. The Morgan fingerprint density at radius 3 is 2.16 bits per heavy atom. The van der Waals surface area contributed by atoms with Crippen LogP contribution in [0.3, 0.4) is 0 Å². The van der Waals surface area contributed by atoms with E-state index in [2.05, 4.69) is 0 Å². The Bertz CT molecular complexity index is 1040. The lowest BCUT2D eigenvalue weighted by molar-refractivity contribution is -0.163. The number of nitrogens with zero attached hydrogens (tertiary/aromatic N) is 2. The van der Waals surface area contributed by atoms with Gasteiger partial charge in [-0.15, -0.1) is 0 Å². The molecule has 1 fully saturated rings. The smallest absolute Gasteiger partial charge is 0.350 e. The maximum Gasteiger partial charge on any atom is 0.350 e.